The van der Waals surface area contributed by atoms with Crippen molar-refractivity contribution in [2.75, 3.05) is 0 Å². The Hall–Kier alpha value is -0.790. The van der Waals surface area contributed by atoms with Crippen molar-refractivity contribution in [1.82, 2.24) is 0 Å². The lowest BCUT2D eigenvalue weighted by molar-refractivity contribution is -0.184. The molecule has 0 saturated heterocycles. The molecule has 128 valence electrons. The molecule has 4 aliphatic rings. The average molecular weight is 316 g/mol. The molecule has 0 aromatic carbocycles. The van der Waals surface area contributed by atoms with Gasteiger partial charge in [-0.2, -0.15) is 0 Å². The van der Waals surface area contributed by atoms with Crippen molar-refractivity contribution in [3.63, 3.8) is 0 Å². The summed E-state index contributed by atoms with van der Waals surface area (Å²) >= 11 is 0. The van der Waals surface area contributed by atoms with Gasteiger partial charge in [0.1, 0.15) is 6.10 Å². The summed E-state index contributed by atoms with van der Waals surface area (Å²) in [5.41, 5.74) is 0.747. The van der Waals surface area contributed by atoms with Crippen LogP contribution >= 0.6 is 0 Å². The van der Waals surface area contributed by atoms with E-state index in [0.717, 1.165) is 24.2 Å². The highest BCUT2D eigenvalue weighted by molar-refractivity contribution is 5.66. The maximum absolute atomic E-state index is 11.8. The minimum Gasteiger partial charge on any atom is -0.462 e. The van der Waals surface area contributed by atoms with E-state index in [2.05, 4.69) is 26.0 Å². The lowest BCUT2D eigenvalue weighted by Gasteiger charge is -2.61. The molecule has 3 fully saturated rings. The van der Waals surface area contributed by atoms with Crippen LogP contribution in [0.3, 0.4) is 0 Å². The summed E-state index contributed by atoms with van der Waals surface area (Å²) in [5.74, 6) is 2.92. The van der Waals surface area contributed by atoms with Gasteiger partial charge in [-0.25, -0.2) is 0 Å². The van der Waals surface area contributed by atoms with Gasteiger partial charge in [-0.15, -0.1) is 0 Å². The van der Waals surface area contributed by atoms with E-state index in [1.807, 2.05) is 0 Å². The second-order valence-electron chi connectivity index (χ2n) is 9.39. The van der Waals surface area contributed by atoms with E-state index in [0.29, 0.717) is 16.7 Å². The fourth-order valence-corrected chi connectivity index (χ4v) is 7.26. The zero-order valence-corrected chi connectivity index (χ0v) is 15.0. The van der Waals surface area contributed by atoms with Gasteiger partial charge in [0.05, 0.1) is 0 Å². The molecule has 0 bridgehead atoms. The van der Waals surface area contributed by atoms with Crippen molar-refractivity contribution in [2.24, 2.45) is 34.5 Å². The summed E-state index contributed by atoms with van der Waals surface area (Å²) in [6.07, 6.45) is 15.3. The quantitative estimate of drug-likeness (QED) is 0.495. The minimum atomic E-state index is -0.0779. The van der Waals surface area contributed by atoms with Gasteiger partial charge in [0.15, 0.2) is 0 Å². The number of carbonyl (C=O) groups is 1. The van der Waals surface area contributed by atoms with Crippen LogP contribution in [0.1, 0.15) is 72.1 Å². The fourth-order valence-electron chi connectivity index (χ4n) is 7.26. The lowest BCUT2D eigenvalue weighted by Crippen LogP contribution is -2.57. The van der Waals surface area contributed by atoms with Crippen molar-refractivity contribution in [3.05, 3.63) is 12.2 Å². The van der Waals surface area contributed by atoms with Crippen LogP contribution in [0.25, 0.3) is 0 Å². The predicted octanol–water partition coefficient (Wildman–Crippen LogP) is 5.13. The van der Waals surface area contributed by atoms with Gasteiger partial charge in [-0.05, 0) is 73.5 Å². The van der Waals surface area contributed by atoms with Crippen molar-refractivity contribution in [3.8, 4) is 0 Å². The predicted molar refractivity (Wildman–Crippen MR) is 91.8 cm³/mol. The van der Waals surface area contributed by atoms with Crippen LogP contribution in [0.5, 0.6) is 0 Å². The standard InChI is InChI=1S/C21H32O2/c1-14(22)23-18-13-20(2)11-6-8-17(20)16-10-9-15-7-4-5-12-21(15,3)19(16)18/h4-5,15-19H,6-13H2,1-3H3/t15?,16-,17-,18-,19+,20-,21-/m0/s1. The maximum atomic E-state index is 11.8. The third kappa shape index (κ3) is 2.31. The molecular weight excluding hydrogens is 284 g/mol. The van der Waals surface area contributed by atoms with Gasteiger partial charge in [-0.1, -0.05) is 32.4 Å². The molecule has 4 rings (SSSR count). The van der Waals surface area contributed by atoms with Crippen LogP contribution < -0.4 is 0 Å². The highest BCUT2D eigenvalue weighted by atomic mass is 16.5. The summed E-state index contributed by atoms with van der Waals surface area (Å²) in [7, 11) is 0. The molecule has 2 nitrogen and oxygen atoms in total. The van der Waals surface area contributed by atoms with Gasteiger partial charge in [-0.3, -0.25) is 4.79 Å². The van der Waals surface area contributed by atoms with Crippen LogP contribution in [-0.2, 0) is 9.53 Å². The zero-order valence-electron chi connectivity index (χ0n) is 15.0. The van der Waals surface area contributed by atoms with Gasteiger partial charge in [0.2, 0.25) is 0 Å². The average Bonchev–Trinajstić information content (AvgIpc) is 2.86. The zero-order chi connectivity index (χ0) is 16.2. The van der Waals surface area contributed by atoms with Crippen molar-refractivity contribution in [1.29, 1.82) is 0 Å². The van der Waals surface area contributed by atoms with Gasteiger partial charge < -0.3 is 4.74 Å². The number of hydrogen-bond donors (Lipinski definition) is 0. The van der Waals surface area contributed by atoms with Crippen molar-refractivity contribution in [2.45, 2.75) is 78.2 Å². The molecule has 0 spiro atoms. The first-order valence-corrected chi connectivity index (χ1v) is 9.76. The molecule has 7 atom stereocenters. The molecule has 0 N–H and O–H groups in total. The molecule has 0 amide bonds. The van der Waals surface area contributed by atoms with E-state index in [4.69, 9.17) is 4.74 Å². The SMILES string of the molecule is CC(=O)O[C@H]1C[C@]2(C)CCC[C@H]2[C@@H]2CCC3CC=CC[C@]3(C)[C@H]21. The van der Waals surface area contributed by atoms with E-state index in [1.165, 1.54) is 44.9 Å². The monoisotopic (exact) mass is 316 g/mol. The Morgan fingerprint density at radius 2 is 2.00 bits per heavy atom. The Kier molecular flexibility index (Phi) is 3.66. The van der Waals surface area contributed by atoms with Crippen LogP contribution in [0, 0.1) is 34.5 Å². The number of ether oxygens (including phenoxy) is 1. The van der Waals surface area contributed by atoms with Crippen molar-refractivity contribution >= 4 is 5.97 Å². The van der Waals surface area contributed by atoms with E-state index >= 15 is 0 Å². The summed E-state index contributed by atoms with van der Waals surface area (Å²) < 4.78 is 5.99. The third-order valence-electron chi connectivity index (χ3n) is 8.21. The molecule has 4 aliphatic carbocycles. The Labute approximate surface area is 141 Å². The summed E-state index contributed by atoms with van der Waals surface area (Å²) in [4.78, 5) is 11.8. The summed E-state index contributed by atoms with van der Waals surface area (Å²) in [6, 6.07) is 0. The number of carbonyl (C=O) groups excluding carboxylic acids is 1. The fraction of sp³-hybridized carbons (Fsp3) is 0.857. The smallest absolute Gasteiger partial charge is 0.302 e. The number of rotatable bonds is 1. The minimum absolute atomic E-state index is 0.0779. The van der Waals surface area contributed by atoms with Gasteiger partial charge in [0, 0.05) is 12.8 Å². The highest BCUT2D eigenvalue weighted by Crippen LogP contribution is 2.66. The van der Waals surface area contributed by atoms with E-state index < -0.39 is 0 Å². The molecule has 0 aromatic rings. The van der Waals surface area contributed by atoms with Crippen LogP contribution in [-0.4, -0.2) is 12.1 Å². The number of fused-ring (bicyclic) bond motifs is 5. The Bertz CT molecular complexity index is 524. The molecule has 0 heterocycles. The molecule has 23 heavy (non-hydrogen) atoms. The van der Waals surface area contributed by atoms with Gasteiger partial charge >= 0.3 is 5.97 Å². The molecule has 1 unspecified atom stereocenters. The first kappa shape index (κ1) is 15.7. The molecule has 0 aromatic heterocycles. The van der Waals surface area contributed by atoms with E-state index in [9.17, 15) is 4.79 Å². The summed E-state index contributed by atoms with van der Waals surface area (Å²) in [6.45, 7) is 6.58. The number of hydrogen-bond acceptors (Lipinski definition) is 2. The van der Waals surface area contributed by atoms with Crippen LogP contribution in [0.4, 0.5) is 0 Å². The highest BCUT2D eigenvalue weighted by Gasteiger charge is 2.61. The van der Waals surface area contributed by atoms with Crippen LogP contribution in [0.2, 0.25) is 0 Å². The largest absolute Gasteiger partial charge is 0.462 e. The number of allylic oxidation sites excluding steroid dienone is 2. The molecule has 0 aliphatic heterocycles. The van der Waals surface area contributed by atoms with E-state index in [1.54, 1.807) is 6.92 Å². The second-order valence-corrected chi connectivity index (χ2v) is 9.39. The molecule has 0 radical (unpaired) electrons. The molecule has 3 saturated carbocycles. The molecule has 2 heteroatoms. The normalized spacial score (nSPS) is 51.5. The Morgan fingerprint density at radius 1 is 1.17 bits per heavy atom. The third-order valence-corrected chi connectivity index (χ3v) is 8.21. The van der Waals surface area contributed by atoms with E-state index in [-0.39, 0.29) is 12.1 Å². The first-order valence-electron chi connectivity index (χ1n) is 9.76. The Morgan fingerprint density at radius 3 is 2.78 bits per heavy atom. The Balaban J connectivity index is 1.73. The number of esters is 1. The summed E-state index contributed by atoms with van der Waals surface area (Å²) in [5, 5.41) is 0. The van der Waals surface area contributed by atoms with Crippen LogP contribution in [0.15, 0.2) is 12.2 Å². The van der Waals surface area contributed by atoms with Crippen molar-refractivity contribution < 1.29 is 9.53 Å². The first-order chi connectivity index (χ1) is 10.9. The molecular formula is C21H32O2. The maximum Gasteiger partial charge on any atom is 0.302 e. The lowest BCUT2D eigenvalue weighted by atomic mass is 9.45. The van der Waals surface area contributed by atoms with Gasteiger partial charge in [0.25, 0.3) is 0 Å². The topological polar surface area (TPSA) is 26.3 Å². The second kappa shape index (κ2) is 5.36.